The molecular formula is C43H55O10PS. The van der Waals surface area contributed by atoms with Gasteiger partial charge in [0.1, 0.15) is 30.2 Å². The molecule has 1 aliphatic heterocycles. The molecule has 0 saturated carbocycles. The van der Waals surface area contributed by atoms with Gasteiger partial charge in [-0.2, -0.15) is 0 Å². The van der Waals surface area contributed by atoms with Crippen LogP contribution in [0, 0.1) is 0 Å². The van der Waals surface area contributed by atoms with E-state index in [0.717, 1.165) is 42.4 Å². The Morgan fingerprint density at radius 2 is 0.982 bits per heavy atom. The van der Waals surface area contributed by atoms with Gasteiger partial charge in [0.2, 0.25) is 0 Å². The maximum Gasteiger partial charge on any atom is 0.367 e. The van der Waals surface area contributed by atoms with Gasteiger partial charge >= 0.3 is 7.60 Å². The molecule has 12 heteroatoms. The third-order valence-corrected chi connectivity index (χ3v) is 13.9. The van der Waals surface area contributed by atoms with Gasteiger partial charge in [-0.15, -0.1) is 0 Å². The molecule has 0 radical (unpaired) electrons. The summed E-state index contributed by atoms with van der Waals surface area (Å²) in [5.41, 5.74) is 2.99. The molecule has 2 N–H and O–H groups in total. The second-order valence-corrected chi connectivity index (χ2v) is 18.4. The number of ether oxygens (including phenoxy) is 3. The van der Waals surface area contributed by atoms with E-state index in [-0.39, 0.29) is 32.4 Å². The van der Waals surface area contributed by atoms with Crippen molar-refractivity contribution in [3.63, 3.8) is 0 Å². The first-order chi connectivity index (χ1) is 26.6. The zero-order chi connectivity index (χ0) is 39.1. The van der Waals surface area contributed by atoms with Crippen molar-refractivity contribution in [1.29, 1.82) is 0 Å². The number of unbranched alkanes of at least 4 members (excludes halogenated alkanes) is 2. The highest BCUT2D eigenvalue weighted by atomic mass is 32.2. The Balaban J connectivity index is 1.44. The molecule has 1 saturated heterocycles. The first kappa shape index (κ1) is 42.8. The molecule has 1 fully saturated rings. The van der Waals surface area contributed by atoms with Crippen molar-refractivity contribution in [3.8, 4) is 5.75 Å². The standard InChI is InChI=1S/C43H55O10PS/c1-3-5-26-52-54(46,53-27-6-4-2)32-51-37-24-22-34(23-25-37)29-39-43(50-31-36-20-14-9-15-21-36)41(45)40(44)42(49-30-35-18-12-8-13-19-35)38(55(39,47)48)28-33-16-10-7-11-17-33/h7-25,38-45H,3-6,26-32H2,1-2H3/t38-,39-,40-,41-,42+,43+/m1/s1. The van der Waals surface area contributed by atoms with Crippen LogP contribution >= 0.6 is 7.60 Å². The molecule has 4 aromatic rings. The minimum absolute atomic E-state index is 0.0215. The third-order valence-electron chi connectivity index (χ3n) is 9.77. The van der Waals surface area contributed by atoms with Gasteiger partial charge in [0.25, 0.3) is 0 Å². The molecule has 10 nitrogen and oxygen atoms in total. The maximum absolute atomic E-state index is 15.1. The summed E-state index contributed by atoms with van der Waals surface area (Å²) >= 11 is 0. The summed E-state index contributed by atoms with van der Waals surface area (Å²) < 4.78 is 73.5. The summed E-state index contributed by atoms with van der Waals surface area (Å²) in [7, 11) is -7.71. The molecule has 0 bridgehead atoms. The monoisotopic (exact) mass is 794 g/mol. The summed E-state index contributed by atoms with van der Waals surface area (Å²) in [6.45, 7) is 4.70. The van der Waals surface area contributed by atoms with E-state index in [0.29, 0.717) is 24.5 Å². The van der Waals surface area contributed by atoms with Gasteiger partial charge in [-0.05, 0) is 60.1 Å². The zero-order valence-corrected chi connectivity index (χ0v) is 33.4. The minimum Gasteiger partial charge on any atom is -0.481 e. The number of hydrogen-bond acceptors (Lipinski definition) is 10. The molecule has 1 aliphatic rings. The zero-order valence-electron chi connectivity index (χ0n) is 31.7. The van der Waals surface area contributed by atoms with Crippen molar-refractivity contribution >= 4 is 17.4 Å². The molecule has 5 rings (SSSR count). The van der Waals surface area contributed by atoms with Crippen LogP contribution < -0.4 is 4.74 Å². The Labute approximate surface area is 326 Å². The van der Waals surface area contributed by atoms with Gasteiger partial charge in [-0.1, -0.05) is 130 Å². The van der Waals surface area contributed by atoms with Gasteiger partial charge in [0, 0.05) is 0 Å². The van der Waals surface area contributed by atoms with Crippen molar-refractivity contribution in [2.45, 2.75) is 101 Å². The molecule has 0 amide bonds. The Morgan fingerprint density at radius 3 is 1.40 bits per heavy atom. The lowest BCUT2D eigenvalue weighted by Crippen LogP contribution is -2.49. The second-order valence-electron chi connectivity index (χ2n) is 14.0. The maximum atomic E-state index is 15.1. The van der Waals surface area contributed by atoms with E-state index in [4.69, 9.17) is 23.3 Å². The first-order valence-corrected chi connectivity index (χ1v) is 22.5. The number of benzene rings is 4. The summed E-state index contributed by atoms with van der Waals surface area (Å²) in [5, 5.41) is 21.3. The summed E-state index contributed by atoms with van der Waals surface area (Å²) in [5.74, 6) is 0.412. The van der Waals surface area contributed by atoms with Crippen molar-refractivity contribution < 1.29 is 46.5 Å². The fraction of sp³-hybridized carbons (Fsp3) is 0.442. The highest BCUT2D eigenvalue weighted by Gasteiger charge is 2.54. The Bertz CT molecular complexity index is 1830. The topological polar surface area (TPSA) is 138 Å². The molecule has 55 heavy (non-hydrogen) atoms. The molecule has 0 aromatic heterocycles. The smallest absolute Gasteiger partial charge is 0.367 e. The number of hydrogen-bond donors (Lipinski definition) is 2. The summed E-state index contributed by atoms with van der Waals surface area (Å²) in [4.78, 5) is 0. The van der Waals surface area contributed by atoms with Crippen LogP contribution in [0.1, 0.15) is 61.8 Å². The van der Waals surface area contributed by atoms with E-state index in [9.17, 15) is 14.8 Å². The Hall–Kier alpha value is -3.38. The number of rotatable bonds is 21. The van der Waals surface area contributed by atoms with Crippen molar-refractivity contribution in [2.24, 2.45) is 0 Å². The average molecular weight is 795 g/mol. The van der Waals surface area contributed by atoms with Crippen LogP contribution in [-0.2, 0) is 59.0 Å². The van der Waals surface area contributed by atoms with Crippen LogP contribution in [-0.4, -0.2) is 73.1 Å². The van der Waals surface area contributed by atoms with E-state index >= 15 is 8.42 Å². The van der Waals surface area contributed by atoms with Gasteiger partial charge in [-0.3, -0.25) is 4.57 Å². The molecular weight excluding hydrogens is 740 g/mol. The predicted molar refractivity (Wildman–Crippen MR) is 214 cm³/mol. The molecule has 4 aromatic carbocycles. The quantitative estimate of drug-likeness (QED) is 0.0638. The van der Waals surface area contributed by atoms with E-state index in [2.05, 4.69) is 0 Å². The van der Waals surface area contributed by atoms with Crippen LogP contribution in [0.25, 0.3) is 0 Å². The highest BCUT2D eigenvalue weighted by Crippen LogP contribution is 2.48. The van der Waals surface area contributed by atoms with Crippen LogP contribution in [0.2, 0.25) is 0 Å². The lowest BCUT2D eigenvalue weighted by atomic mass is 9.94. The summed E-state index contributed by atoms with van der Waals surface area (Å²) in [6.07, 6.45) is -2.71. The lowest BCUT2D eigenvalue weighted by Gasteiger charge is -2.30. The van der Waals surface area contributed by atoms with E-state index < -0.39 is 52.3 Å². The van der Waals surface area contributed by atoms with Crippen LogP contribution in [0.4, 0.5) is 0 Å². The SMILES string of the molecule is CCCCOP(=O)(COc1ccc(C[C@@H]2[C@H](OCc3ccccc3)[C@H](O)[C@@H](O)[C@@H](OCc3ccccc3)[C@@H](Cc3ccccc3)S2(=O)=O)cc1)OCCCC. The van der Waals surface area contributed by atoms with Crippen LogP contribution in [0.15, 0.2) is 115 Å². The van der Waals surface area contributed by atoms with E-state index in [1.165, 1.54) is 0 Å². The molecule has 0 spiro atoms. The fourth-order valence-corrected chi connectivity index (χ4v) is 10.5. The van der Waals surface area contributed by atoms with Crippen molar-refractivity contribution in [1.82, 2.24) is 0 Å². The molecule has 6 atom stereocenters. The van der Waals surface area contributed by atoms with Crippen LogP contribution in [0.3, 0.4) is 0 Å². The van der Waals surface area contributed by atoms with E-state index in [1.807, 2.05) is 105 Å². The predicted octanol–water partition coefficient (Wildman–Crippen LogP) is 7.69. The van der Waals surface area contributed by atoms with Gasteiger partial charge in [0.05, 0.1) is 36.9 Å². The van der Waals surface area contributed by atoms with Crippen LogP contribution in [0.5, 0.6) is 5.75 Å². The van der Waals surface area contributed by atoms with Gasteiger partial charge < -0.3 is 33.5 Å². The van der Waals surface area contributed by atoms with E-state index in [1.54, 1.807) is 24.3 Å². The lowest BCUT2D eigenvalue weighted by molar-refractivity contribution is -0.139. The molecule has 0 unspecified atom stereocenters. The summed E-state index contributed by atoms with van der Waals surface area (Å²) in [6, 6.07) is 34.7. The number of aliphatic hydroxyl groups excluding tert-OH is 2. The largest absolute Gasteiger partial charge is 0.481 e. The third kappa shape index (κ3) is 12.3. The molecule has 298 valence electrons. The number of aliphatic hydroxyl groups is 2. The normalized spacial score (nSPS) is 22.5. The van der Waals surface area contributed by atoms with Gasteiger partial charge in [-0.25, -0.2) is 8.42 Å². The Morgan fingerprint density at radius 1 is 0.582 bits per heavy atom. The number of sulfone groups is 1. The van der Waals surface area contributed by atoms with Crippen molar-refractivity contribution in [2.75, 3.05) is 19.6 Å². The average Bonchev–Trinajstić information content (AvgIpc) is 3.25. The molecule has 1 heterocycles. The first-order valence-electron chi connectivity index (χ1n) is 19.2. The van der Waals surface area contributed by atoms with Gasteiger partial charge in [0.15, 0.2) is 16.2 Å². The highest BCUT2D eigenvalue weighted by molar-refractivity contribution is 7.92. The van der Waals surface area contributed by atoms with Crippen molar-refractivity contribution in [3.05, 3.63) is 138 Å². The minimum atomic E-state index is -4.20. The Kier molecular flexibility index (Phi) is 16.5. The second kappa shape index (κ2) is 21.2. The fourth-order valence-electron chi connectivity index (χ4n) is 6.60. The molecule has 0 aliphatic carbocycles.